The fraction of sp³-hybridized carbons (Fsp3) is 0.250. The Kier molecular flexibility index (Phi) is 5.04. The van der Waals surface area contributed by atoms with E-state index in [4.69, 9.17) is 5.26 Å². The first-order valence-corrected chi connectivity index (χ1v) is 6.98. The van der Waals surface area contributed by atoms with Crippen molar-refractivity contribution >= 4 is 11.5 Å². The maximum Gasteiger partial charge on any atom is 0.287 e. The first-order valence-electron chi connectivity index (χ1n) is 6.98. The summed E-state index contributed by atoms with van der Waals surface area (Å²) in [5, 5.41) is 19.5. The smallest absolute Gasteiger partial charge is 0.287 e. The van der Waals surface area contributed by atoms with E-state index in [1.807, 2.05) is 12.1 Å². The summed E-state index contributed by atoms with van der Waals surface area (Å²) in [4.78, 5) is 16.5. The molecule has 112 valence electrons. The van der Waals surface area contributed by atoms with E-state index in [0.29, 0.717) is 17.9 Å². The van der Waals surface area contributed by atoms with Gasteiger partial charge in [0.25, 0.3) is 5.69 Å². The molecule has 2 aromatic rings. The lowest BCUT2D eigenvalue weighted by Gasteiger charge is -2.23. The minimum Gasteiger partial charge on any atom is -0.352 e. The number of hydrogen-bond acceptors (Lipinski definition) is 5. The molecule has 0 spiro atoms. The molecule has 1 heterocycles. The van der Waals surface area contributed by atoms with Crippen molar-refractivity contribution in [3.05, 3.63) is 63.8 Å². The lowest BCUT2D eigenvalue weighted by atomic mass is 10.1. The number of nitriles is 1. The predicted octanol–water partition coefficient (Wildman–Crippen LogP) is 3.28. The van der Waals surface area contributed by atoms with Crippen LogP contribution in [0.15, 0.2) is 42.6 Å². The van der Waals surface area contributed by atoms with Gasteiger partial charge in [0.15, 0.2) is 0 Å². The SMILES string of the molecule is CCCN(Cc1ccc(C#N)cc1)c1ccc([N+](=O)[O-])cn1. The zero-order chi connectivity index (χ0) is 15.9. The number of rotatable bonds is 6. The number of aromatic nitrogens is 1. The zero-order valence-corrected chi connectivity index (χ0v) is 12.3. The lowest BCUT2D eigenvalue weighted by Crippen LogP contribution is -2.24. The van der Waals surface area contributed by atoms with Crippen LogP contribution in [0.4, 0.5) is 11.5 Å². The summed E-state index contributed by atoms with van der Waals surface area (Å²) in [6.45, 7) is 3.51. The molecular weight excluding hydrogens is 280 g/mol. The van der Waals surface area contributed by atoms with Gasteiger partial charge in [-0.15, -0.1) is 0 Å². The Hall–Kier alpha value is -2.94. The molecule has 2 rings (SSSR count). The first kappa shape index (κ1) is 15.4. The van der Waals surface area contributed by atoms with Crippen molar-refractivity contribution in [3.8, 4) is 6.07 Å². The van der Waals surface area contributed by atoms with E-state index >= 15 is 0 Å². The molecule has 0 N–H and O–H groups in total. The molecule has 0 aliphatic rings. The van der Waals surface area contributed by atoms with Crippen LogP contribution >= 0.6 is 0 Å². The van der Waals surface area contributed by atoms with Gasteiger partial charge in [0.1, 0.15) is 12.0 Å². The molecule has 0 radical (unpaired) electrons. The van der Waals surface area contributed by atoms with E-state index in [0.717, 1.165) is 18.5 Å². The van der Waals surface area contributed by atoms with Crippen molar-refractivity contribution in [1.29, 1.82) is 5.26 Å². The number of nitro groups is 1. The van der Waals surface area contributed by atoms with Crippen molar-refractivity contribution in [2.24, 2.45) is 0 Å². The Balaban J connectivity index is 2.18. The number of nitrogens with zero attached hydrogens (tertiary/aromatic N) is 4. The van der Waals surface area contributed by atoms with Crippen LogP contribution in [0.5, 0.6) is 0 Å². The van der Waals surface area contributed by atoms with E-state index in [2.05, 4.69) is 22.9 Å². The van der Waals surface area contributed by atoms with Crippen LogP contribution in [0.25, 0.3) is 0 Å². The Bertz CT molecular complexity index is 675. The fourth-order valence-corrected chi connectivity index (χ4v) is 2.12. The third-order valence-electron chi connectivity index (χ3n) is 3.22. The van der Waals surface area contributed by atoms with Gasteiger partial charge in [0.2, 0.25) is 0 Å². The monoisotopic (exact) mass is 296 g/mol. The van der Waals surface area contributed by atoms with Crippen molar-refractivity contribution in [2.75, 3.05) is 11.4 Å². The summed E-state index contributed by atoms with van der Waals surface area (Å²) >= 11 is 0. The van der Waals surface area contributed by atoms with Crippen LogP contribution in [0.3, 0.4) is 0 Å². The molecule has 0 saturated heterocycles. The molecule has 0 fully saturated rings. The van der Waals surface area contributed by atoms with Gasteiger partial charge in [-0.2, -0.15) is 5.26 Å². The highest BCUT2D eigenvalue weighted by Crippen LogP contribution is 2.18. The number of anilines is 1. The average molecular weight is 296 g/mol. The highest BCUT2D eigenvalue weighted by atomic mass is 16.6. The second kappa shape index (κ2) is 7.18. The molecule has 0 unspecified atom stereocenters. The molecule has 0 aliphatic carbocycles. The highest BCUT2D eigenvalue weighted by Gasteiger charge is 2.11. The molecular formula is C16H16N4O2. The van der Waals surface area contributed by atoms with E-state index in [9.17, 15) is 10.1 Å². The normalized spacial score (nSPS) is 10.0. The maximum atomic E-state index is 10.7. The third-order valence-corrected chi connectivity index (χ3v) is 3.22. The van der Waals surface area contributed by atoms with Gasteiger partial charge < -0.3 is 4.90 Å². The van der Waals surface area contributed by atoms with Gasteiger partial charge in [-0.1, -0.05) is 19.1 Å². The van der Waals surface area contributed by atoms with Gasteiger partial charge >= 0.3 is 0 Å². The molecule has 6 heteroatoms. The summed E-state index contributed by atoms with van der Waals surface area (Å²) in [7, 11) is 0. The van der Waals surface area contributed by atoms with Crippen LogP contribution in [-0.2, 0) is 6.54 Å². The number of hydrogen-bond donors (Lipinski definition) is 0. The largest absolute Gasteiger partial charge is 0.352 e. The molecule has 1 aromatic carbocycles. The quantitative estimate of drug-likeness (QED) is 0.603. The summed E-state index contributed by atoms with van der Waals surface area (Å²) < 4.78 is 0. The van der Waals surface area contributed by atoms with Gasteiger partial charge in [-0.05, 0) is 30.2 Å². The summed E-state index contributed by atoms with van der Waals surface area (Å²) in [6, 6.07) is 12.6. The summed E-state index contributed by atoms with van der Waals surface area (Å²) in [5.74, 6) is 0.705. The molecule has 1 aromatic heterocycles. The van der Waals surface area contributed by atoms with E-state index < -0.39 is 4.92 Å². The van der Waals surface area contributed by atoms with Crippen LogP contribution in [0, 0.1) is 21.4 Å². The molecule has 0 atom stereocenters. The second-order valence-corrected chi connectivity index (χ2v) is 4.86. The predicted molar refractivity (Wildman–Crippen MR) is 83.4 cm³/mol. The van der Waals surface area contributed by atoms with Gasteiger partial charge in [-0.25, -0.2) is 4.98 Å². The zero-order valence-electron chi connectivity index (χ0n) is 12.3. The van der Waals surface area contributed by atoms with E-state index in [1.165, 1.54) is 12.3 Å². The van der Waals surface area contributed by atoms with Gasteiger partial charge in [-0.3, -0.25) is 10.1 Å². The average Bonchev–Trinajstić information content (AvgIpc) is 2.55. The standard InChI is InChI=1S/C16H16N4O2/c1-2-9-19(12-14-5-3-13(10-17)4-6-14)16-8-7-15(11-18-16)20(21)22/h3-8,11H,2,9,12H2,1H3. The van der Waals surface area contributed by atoms with Crippen molar-refractivity contribution in [1.82, 2.24) is 4.98 Å². The molecule has 0 aliphatic heterocycles. The Morgan fingerprint density at radius 1 is 1.27 bits per heavy atom. The molecule has 6 nitrogen and oxygen atoms in total. The van der Waals surface area contributed by atoms with Crippen molar-refractivity contribution in [3.63, 3.8) is 0 Å². The Labute approximate surface area is 128 Å². The molecule has 22 heavy (non-hydrogen) atoms. The third kappa shape index (κ3) is 3.79. The van der Waals surface area contributed by atoms with Gasteiger partial charge in [0.05, 0.1) is 16.6 Å². The van der Waals surface area contributed by atoms with Crippen LogP contribution < -0.4 is 4.90 Å². The maximum absolute atomic E-state index is 10.7. The summed E-state index contributed by atoms with van der Waals surface area (Å²) in [6.07, 6.45) is 2.21. The molecule has 0 bridgehead atoms. The Morgan fingerprint density at radius 2 is 2.00 bits per heavy atom. The summed E-state index contributed by atoms with van der Waals surface area (Å²) in [5.41, 5.74) is 1.67. The lowest BCUT2D eigenvalue weighted by molar-refractivity contribution is -0.385. The molecule has 0 amide bonds. The van der Waals surface area contributed by atoms with Crippen molar-refractivity contribution < 1.29 is 4.92 Å². The fourth-order valence-electron chi connectivity index (χ4n) is 2.12. The van der Waals surface area contributed by atoms with E-state index in [1.54, 1.807) is 18.2 Å². The van der Waals surface area contributed by atoms with Crippen LogP contribution in [-0.4, -0.2) is 16.5 Å². The molecule has 0 saturated carbocycles. The number of benzene rings is 1. The first-order chi connectivity index (χ1) is 10.6. The minimum absolute atomic E-state index is 0.0152. The van der Waals surface area contributed by atoms with Crippen LogP contribution in [0.2, 0.25) is 0 Å². The highest BCUT2D eigenvalue weighted by molar-refractivity contribution is 5.44. The topological polar surface area (TPSA) is 83.1 Å². The van der Waals surface area contributed by atoms with Crippen molar-refractivity contribution in [2.45, 2.75) is 19.9 Å². The van der Waals surface area contributed by atoms with Gasteiger partial charge in [0, 0.05) is 19.2 Å². The number of pyridine rings is 1. The van der Waals surface area contributed by atoms with Crippen LogP contribution in [0.1, 0.15) is 24.5 Å². The minimum atomic E-state index is -0.457. The van der Waals surface area contributed by atoms with E-state index in [-0.39, 0.29) is 5.69 Å². The second-order valence-electron chi connectivity index (χ2n) is 4.86. The Morgan fingerprint density at radius 3 is 2.50 bits per heavy atom.